The first kappa shape index (κ1) is 17.2. The predicted octanol–water partition coefficient (Wildman–Crippen LogP) is 1.95. The molecule has 1 aliphatic carbocycles. The summed E-state index contributed by atoms with van der Waals surface area (Å²) in [6.45, 7) is 13.4. The van der Waals surface area contributed by atoms with Gasteiger partial charge in [0.2, 0.25) is 0 Å². The van der Waals surface area contributed by atoms with Crippen LogP contribution in [0.1, 0.15) is 46.5 Å². The second-order valence-electron chi connectivity index (χ2n) is 7.75. The van der Waals surface area contributed by atoms with Crippen LogP contribution in [0.3, 0.4) is 0 Å². The molecule has 1 unspecified atom stereocenters. The second kappa shape index (κ2) is 7.91. The molecule has 0 aromatic rings. The lowest BCUT2D eigenvalue weighted by atomic mass is 10.1. The van der Waals surface area contributed by atoms with Crippen LogP contribution in [0.5, 0.6) is 0 Å². The zero-order valence-corrected chi connectivity index (χ0v) is 14.5. The van der Waals surface area contributed by atoms with Gasteiger partial charge in [0.1, 0.15) is 0 Å². The lowest BCUT2D eigenvalue weighted by Crippen LogP contribution is -2.57. The van der Waals surface area contributed by atoms with E-state index in [9.17, 15) is 0 Å². The maximum Gasteiger partial charge on any atom is 0.0630 e. The van der Waals surface area contributed by atoms with E-state index >= 15 is 0 Å². The molecule has 2 rings (SSSR count). The van der Waals surface area contributed by atoms with Crippen molar-refractivity contribution in [3.05, 3.63) is 0 Å². The molecule has 0 radical (unpaired) electrons. The summed E-state index contributed by atoms with van der Waals surface area (Å²) in [7, 11) is 1.82. The van der Waals surface area contributed by atoms with Crippen molar-refractivity contribution in [2.45, 2.75) is 64.1 Å². The summed E-state index contributed by atoms with van der Waals surface area (Å²) in [5.74, 6) is 0. The highest BCUT2D eigenvalue weighted by atomic mass is 16.5. The Kier molecular flexibility index (Phi) is 6.48. The Labute approximate surface area is 131 Å². The third-order valence-corrected chi connectivity index (χ3v) is 4.93. The third kappa shape index (κ3) is 5.51. The summed E-state index contributed by atoms with van der Waals surface area (Å²) in [5, 5.41) is 3.64. The van der Waals surface area contributed by atoms with Crippen LogP contribution in [0.2, 0.25) is 0 Å². The Morgan fingerprint density at radius 3 is 2.24 bits per heavy atom. The van der Waals surface area contributed by atoms with Crippen molar-refractivity contribution in [2.24, 2.45) is 0 Å². The largest absolute Gasteiger partial charge is 0.383 e. The van der Waals surface area contributed by atoms with E-state index in [1.807, 2.05) is 7.11 Å². The quantitative estimate of drug-likeness (QED) is 0.811. The highest BCUT2D eigenvalue weighted by molar-refractivity contribution is 4.86. The zero-order valence-electron chi connectivity index (χ0n) is 14.5. The molecule has 0 spiro atoms. The Balaban J connectivity index is 1.79. The van der Waals surface area contributed by atoms with Crippen molar-refractivity contribution in [3.8, 4) is 0 Å². The Hall–Kier alpha value is -0.160. The molecule has 2 aliphatic rings. The van der Waals surface area contributed by atoms with Gasteiger partial charge in [0.25, 0.3) is 0 Å². The maximum absolute atomic E-state index is 5.45. The van der Waals surface area contributed by atoms with Crippen LogP contribution in [0.15, 0.2) is 0 Å². The lowest BCUT2D eigenvalue weighted by molar-refractivity contribution is 0.0342. The molecular weight excluding hydrogens is 262 g/mol. The van der Waals surface area contributed by atoms with Gasteiger partial charge in [0.05, 0.1) is 6.61 Å². The van der Waals surface area contributed by atoms with E-state index in [2.05, 4.69) is 35.9 Å². The molecule has 0 amide bonds. The standard InChI is InChI=1S/C17H35N3O/c1-17(2,3)18-13-16(14-21-4)20-11-9-19(10-12-20)15-7-5-6-8-15/h15-16,18H,5-14H2,1-4H3. The Morgan fingerprint density at radius 1 is 1.10 bits per heavy atom. The third-order valence-electron chi connectivity index (χ3n) is 4.93. The summed E-state index contributed by atoms with van der Waals surface area (Å²) in [6.07, 6.45) is 5.72. The molecule has 4 nitrogen and oxygen atoms in total. The normalized spacial score (nSPS) is 24.6. The van der Waals surface area contributed by atoms with E-state index in [4.69, 9.17) is 4.74 Å². The molecule has 4 heteroatoms. The summed E-state index contributed by atoms with van der Waals surface area (Å²) in [6, 6.07) is 1.38. The van der Waals surface area contributed by atoms with Crippen molar-refractivity contribution in [3.63, 3.8) is 0 Å². The molecule has 1 saturated heterocycles. The molecule has 0 aromatic heterocycles. The smallest absolute Gasteiger partial charge is 0.0630 e. The van der Waals surface area contributed by atoms with Gasteiger partial charge in [0, 0.05) is 57.5 Å². The number of nitrogens with one attached hydrogen (secondary N) is 1. The van der Waals surface area contributed by atoms with Gasteiger partial charge < -0.3 is 10.1 Å². The molecule has 1 aliphatic heterocycles. The van der Waals surface area contributed by atoms with Gasteiger partial charge in [0.15, 0.2) is 0 Å². The van der Waals surface area contributed by atoms with Crippen molar-refractivity contribution in [2.75, 3.05) is 46.4 Å². The Morgan fingerprint density at radius 2 is 1.71 bits per heavy atom. The van der Waals surface area contributed by atoms with E-state index in [1.54, 1.807) is 0 Å². The van der Waals surface area contributed by atoms with Crippen LogP contribution in [-0.4, -0.2) is 73.9 Å². The van der Waals surface area contributed by atoms with Crippen molar-refractivity contribution >= 4 is 0 Å². The number of nitrogens with zero attached hydrogens (tertiary/aromatic N) is 2. The number of hydrogen-bond donors (Lipinski definition) is 1. The van der Waals surface area contributed by atoms with Crippen LogP contribution in [0.4, 0.5) is 0 Å². The number of piperazine rings is 1. The van der Waals surface area contributed by atoms with Gasteiger partial charge in [-0.05, 0) is 33.6 Å². The number of ether oxygens (including phenoxy) is 1. The van der Waals surface area contributed by atoms with Crippen LogP contribution in [0, 0.1) is 0 Å². The van der Waals surface area contributed by atoms with E-state index in [1.165, 1.54) is 51.9 Å². The fourth-order valence-electron chi connectivity index (χ4n) is 3.65. The molecule has 0 aromatic carbocycles. The first-order valence-electron chi connectivity index (χ1n) is 8.71. The molecule has 1 N–H and O–H groups in total. The highest BCUT2D eigenvalue weighted by Crippen LogP contribution is 2.24. The fraction of sp³-hybridized carbons (Fsp3) is 1.00. The van der Waals surface area contributed by atoms with Crippen molar-refractivity contribution in [1.29, 1.82) is 0 Å². The van der Waals surface area contributed by atoms with Crippen LogP contribution in [-0.2, 0) is 4.74 Å². The minimum atomic E-state index is 0.178. The molecule has 1 atom stereocenters. The second-order valence-corrected chi connectivity index (χ2v) is 7.75. The number of methoxy groups -OCH3 is 1. The molecule has 124 valence electrons. The first-order chi connectivity index (χ1) is 9.99. The summed E-state index contributed by atoms with van der Waals surface area (Å²) in [4.78, 5) is 5.35. The zero-order chi connectivity index (χ0) is 15.3. The van der Waals surface area contributed by atoms with Crippen LogP contribution in [0.25, 0.3) is 0 Å². The average Bonchev–Trinajstić information content (AvgIpc) is 2.97. The van der Waals surface area contributed by atoms with Gasteiger partial charge in [-0.25, -0.2) is 0 Å². The molecule has 0 bridgehead atoms. The van der Waals surface area contributed by atoms with Gasteiger partial charge in [-0.3, -0.25) is 9.80 Å². The summed E-state index contributed by atoms with van der Waals surface area (Å²) < 4.78 is 5.45. The van der Waals surface area contributed by atoms with Crippen LogP contribution < -0.4 is 5.32 Å². The molecule has 1 saturated carbocycles. The van der Waals surface area contributed by atoms with Crippen molar-refractivity contribution < 1.29 is 4.74 Å². The van der Waals surface area contributed by atoms with Gasteiger partial charge in [-0.2, -0.15) is 0 Å². The van der Waals surface area contributed by atoms with Gasteiger partial charge in [-0.1, -0.05) is 12.8 Å². The van der Waals surface area contributed by atoms with E-state index in [0.717, 1.165) is 19.2 Å². The Bertz CT molecular complexity index is 289. The molecule has 2 fully saturated rings. The SMILES string of the molecule is COCC(CNC(C)(C)C)N1CCN(C2CCCC2)CC1. The van der Waals surface area contributed by atoms with Gasteiger partial charge in [-0.15, -0.1) is 0 Å². The molecular formula is C17H35N3O. The molecule has 21 heavy (non-hydrogen) atoms. The molecule has 1 heterocycles. The van der Waals surface area contributed by atoms with E-state index in [0.29, 0.717) is 6.04 Å². The first-order valence-corrected chi connectivity index (χ1v) is 8.71. The average molecular weight is 297 g/mol. The monoisotopic (exact) mass is 297 g/mol. The minimum absolute atomic E-state index is 0.178. The number of hydrogen-bond acceptors (Lipinski definition) is 4. The minimum Gasteiger partial charge on any atom is -0.383 e. The topological polar surface area (TPSA) is 27.7 Å². The number of rotatable bonds is 6. The maximum atomic E-state index is 5.45. The van der Waals surface area contributed by atoms with Crippen LogP contribution >= 0.6 is 0 Å². The summed E-state index contributed by atoms with van der Waals surface area (Å²) >= 11 is 0. The fourth-order valence-corrected chi connectivity index (χ4v) is 3.65. The summed E-state index contributed by atoms with van der Waals surface area (Å²) in [5.41, 5.74) is 0.178. The predicted molar refractivity (Wildman–Crippen MR) is 88.8 cm³/mol. The highest BCUT2D eigenvalue weighted by Gasteiger charge is 2.29. The van der Waals surface area contributed by atoms with E-state index in [-0.39, 0.29) is 5.54 Å². The lowest BCUT2D eigenvalue weighted by Gasteiger charge is -2.42. The van der Waals surface area contributed by atoms with E-state index < -0.39 is 0 Å². The van der Waals surface area contributed by atoms with Crippen molar-refractivity contribution in [1.82, 2.24) is 15.1 Å². The van der Waals surface area contributed by atoms with Gasteiger partial charge >= 0.3 is 0 Å².